The van der Waals surface area contributed by atoms with Crippen LogP contribution in [0.4, 0.5) is 13.2 Å². The molecular weight excluding hydrogens is 325 g/mol. The molecule has 0 bridgehead atoms. The summed E-state index contributed by atoms with van der Waals surface area (Å²) in [4.78, 5) is 11.5. The van der Waals surface area contributed by atoms with Crippen LogP contribution in [0.2, 0.25) is 0 Å². The normalized spacial score (nSPS) is 18.5. The molecular formula is C13H12BrF3O2. The fourth-order valence-corrected chi connectivity index (χ4v) is 3.41. The molecule has 0 saturated heterocycles. The van der Waals surface area contributed by atoms with Gasteiger partial charge in [0, 0.05) is 4.47 Å². The number of benzene rings is 1. The second kappa shape index (κ2) is 4.81. The van der Waals surface area contributed by atoms with Crippen molar-refractivity contribution in [1.82, 2.24) is 0 Å². The summed E-state index contributed by atoms with van der Waals surface area (Å²) in [5.41, 5.74) is -1.39. The molecule has 0 unspecified atom stereocenters. The molecule has 1 saturated carbocycles. The maximum absolute atomic E-state index is 12.6. The zero-order valence-corrected chi connectivity index (χ0v) is 11.5. The molecule has 1 fully saturated rings. The summed E-state index contributed by atoms with van der Waals surface area (Å²) in [6.45, 7) is 0. The molecule has 1 aliphatic carbocycles. The van der Waals surface area contributed by atoms with Crippen molar-refractivity contribution >= 4 is 21.9 Å². The third-order valence-corrected chi connectivity index (χ3v) is 4.33. The Bertz CT molecular complexity index is 505. The topological polar surface area (TPSA) is 37.3 Å². The van der Waals surface area contributed by atoms with Gasteiger partial charge in [0.1, 0.15) is 0 Å². The Morgan fingerprint density at radius 2 is 1.84 bits per heavy atom. The Labute approximate surface area is 116 Å². The quantitative estimate of drug-likeness (QED) is 0.870. The standard InChI is InChI=1S/C13H12BrF3O2/c14-10-7-8(13(15,16)17)3-4-9(10)12(11(18)19)5-1-2-6-12/h3-4,7H,1-2,5-6H2,(H,18,19). The number of carboxylic acids is 1. The van der Waals surface area contributed by atoms with Crippen molar-refractivity contribution in [2.75, 3.05) is 0 Å². The van der Waals surface area contributed by atoms with E-state index in [1.807, 2.05) is 0 Å². The Morgan fingerprint density at radius 3 is 2.26 bits per heavy atom. The molecule has 0 aliphatic heterocycles. The van der Waals surface area contributed by atoms with Crippen molar-refractivity contribution < 1.29 is 23.1 Å². The van der Waals surface area contributed by atoms with Crippen LogP contribution in [0.3, 0.4) is 0 Å². The lowest BCUT2D eigenvalue weighted by molar-refractivity contribution is -0.143. The Balaban J connectivity index is 2.49. The molecule has 19 heavy (non-hydrogen) atoms. The van der Waals surface area contributed by atoms with E-state index in [1.54, 1.807) is 0 Å². The van der Waals surface area contributed by atoms with Gasteiger partial charge in [-0.1, -0.05) is 34.8 Å². The fraction of sp³-hybridized carbons (Fsp3) is 0.462. The van der Waals surface area contributed by atoms with Crippen molar-refractivity contribution in [2.45, 2.75) is 37.3 Å². The lowest BCUT2D eigenvalue weighted by Gasteiger charge is -2.26. The van der Waals surface area contributed by atoms with Crippen LogP contribution >= 0.6 is 15.9 Å². The van der Waals surface area contributed by atoms with E-state index in [0.717, 1.165) is 25.0 Å². The molecule has 0 spiro atoms. The van der Waals surface area contributed by atoms with Gasteiger partial charge in [-0.25, -0.2) is 0 Å². The first-order chi connectivity index (χ1) is 8.77. The number of hydrogen-bond acceptors (Lipinski definition) is 1. The number of aliphatic carboxylic acids is 1. The van der Waals surface area contributed by atoms with Crippen molar-refractivity contribution in [2.24, 2.45) is 0 Å². The van der Waals surface area contributed by atoms with Gasteiger partial charge in [-0.15, -0.1) is 0 Å². The van der Waals surface area contributed by atoms with Gasteiger partial charge in [0.25, 0.3) is 0 Å². The van der Waals surface area contributed by atoms with Gasteiger partial charge in [-0.2, -0.15) is 13.2 Å². The SMILES string of the molecule is O=C(O)C1(c2ccc(C(F)(F)F)cc2Br)CCCC1. The lowest BCUT2D eigenvalue weighted by atomic mass is 9.79. The number of alkyl halides is 3. The number of carboxylic acid groups (broad SMARTS) is 1. The molecule has 0 heterocycles. The van der Waals surface area contributed by atoms with E-state index in [9.17, 15) is 23.1 Å². The summed E-state index contributed by atoms with van der Waals surface area (Å²) < 4.78 is 38.0. The van der Waals surface area contributed by atoms with Crippen molar-refractivity contribution in [3.8, 4) is 0 Å². The van der Waals surface area contributed by atoms with Crippen LogP contribution in [0, 0.1) is 0 Å². The third-order valence-electron chi connectivity index (χ3n) is 3.68. The second-order valence-electron chi connectivity index (χ2n) is 4.79. The van der Waals surface area contributed by atoms with Gasteiger partial charge >= 0.3 is 12.1 Å². The Kier molecular flexibility index (Phi) is 3.64. The van der Waals surface area contributed by atoms with Crippen LogP contribution < -0.4 is 0 Å². The smallest absolute Gasteiger partial charge is 0.416 e. The van der Waals surface area contributed by atoms with Crippen molar-refractivity contribution in [3.63, 3.8) is 0 Å². The highest BCUT2D eigenvalue weighted by atomic mass is 79.9. The fourth-order valence-electron chi connectivity index (χ4n) is 2.66. The zero-order chi connectivity index (χ0) is 14.3. The summed E-state index contributed by atoms with van der Waals surface area (Å²) in [5.74, 6) is -0.967. The summed E-state index contributed by atoms with van der Waals surface area (Å²) >= 11 is 3.09. The van der Waals surface area contributed by atoms with E-state index in [0.29, 0.717) is 18.4 Å². The molecule has 1 aromatic carbocycles. The van der Waals surface area contributed by atoms with Crippen LogP contribution in [0.5, 0.6) is 0 Å². The van der Waals surface area contributed by atoms with E-state index in [1.165, 1.54) is 6.07 Å². The lowest BCUT2D eigenvalue weighted by Crippen LogP contribution is -2.33. The molecule has 1 aromatic rings. The number of halogens is 4. The molecule has 104 valence electrons. The molecule has 0 amide bonds. The number of carbonyl (C=O) groups is 1. The van der Waals surface area contributed by atoms with E-state index >= 15 is 0 Å². The highest BCUT2D eigenvalue weighted by Gasteiger charge is 2.44. The minimum atomic E-state index is -4.42. The van der Waals surface area contributed by atoms with Crippen LogP contribution in [0.15, 0.2) is 22.7 Å². The predicted molar refractivity (Wildman–Crippen MR) is 66.9 cm³/mol. The minimum Gasteiger partial charge on any atom is -0.481 e. The van der Waals surface area contributed by atoms with E-state index in [-0.39, 0.29) is 4.47 Å². The second-order valence-corrected chi connectivity index (χ2v) is 5.64. The monoisotopic (exact) mass is 336 g/mol. The van der Waals surface area contributed by atoms with Crippen LogP contribution in [-0.2, 0) is 16.4 Å². The maximum atomic E-state index is 12.6. The molecule has 0 atom stereocenters. The minimum absolute atomic E-state index is 0.214. The van der Waals surface area contributed by atoms with E-state index in [4.69, 9.17) is 0 Å². The van der Waals surface area contributed by atoms with Crippen LogP contribution in [-0.4, -0.2) is 11.1 Å². The summed E-state index contributed by atoms with van der Waals surface area (Å²) in [5, 5.41) is 9.43. The van der Waals surface area contributed by atoms with Crippen LogP contribution in [0.25, 0.3) is 0 Å². The maximum Gasteiger partial charge on any atom is 0.416 e. The molecule has 0 radical (unpaired) electrons. The average Bonchev–Trinajstić information content (AvgIpc) is 2.77. The number of rotatable bonds is 2. The van der Waals surface area contributed by atoms with Gasteiger partial charge in [-0.3, -0.25) is 4.79 Å². The van der Waals surface area contributed by atoms with Crippen molar-refractivity contribution in [1.29, 1.82) is 0 Å². The first-order valence-corrected chi connectivity index (χ1v) is 6.67. The Hall–Kier alpha value is -1.04. The van der Waals surface area contributed by atoms with Gasteiger partial charge < -0.3 is 5.11 Å². The van der Waals surface area contributed by atoms with Crippen LogP contribution in [0.1, 0.15) is 36.8 Å². The first kappa shape index (κ1) is 14.4. The Morgan fingerprint density at radius 1 is 1.26 bits per heavy atom. The molecule has 2 nitrogen and oxygen atoms in total. The molecule has 0 aromatic heterocycles. The van der Waals surface area contributed by atoms with Gasteiger partial charge in [0.05, 0.1) is 11.0 Å². The zero-order valence-electron chi connectivity index (χ0n) is 9.93. The van der Waals surface area contributed by atoms with Gasteiger partial charge in [0.2, 0.25) is 0 Å². The predicted octanol–water partition coefficient (Wildman–Crippen LogP) is 4.36. The largest absolute Gasteiger partial charge is 0.481 e. The summed E-state index contributed by atoms with van der Waals surface area (Å²) in [6.07, 6.45) is -1.94. The van der Waals surface area contributed by atoms with Crippen molar-refractivity contribution in [3.05, 3.63) is 33.8 Å². The first-order valence-electron chi connectivity index (χ1n) is 5.88. The number of hydrogen-bond donors (Lipinski definition) is 1. The van der Waals surface area contributed by atoms with E-state index in [2.05, 4.69) is 15.9 Å². The average molecular weight is 337 g/mol. The highest BCUT2D eigenvalue weighted by Crippen LogP contribution is 2.45. The summed E-state index contributed by atoms with van der Waals surface area (Å²) in [6, 6.07) is 3.19. The van der Waals surface area contributed by atoms with Gasteiger partial charge in [0.15, 0.2) is 0 Å². The third kappa shape index (κ3) is 2.50. The molecule has 6 heteroatoms. The molecule has 2 rings (SSSR count). The highest BCUT2D eigenvalue weighted by molar-refractivity contribution is 9.10. The molecule has 1 N–H and O–H groups in total. The van der Waals surface area contributed by atoms with E-state index < -0.39 is 23.1 Å². The van der Waals surface area contributed by atoms with Gasteiger partial charge in [-0.05, 0) is 30.5 Å². The molecule has 1 aliphatic rings. The summed E-state index contributed by atoms with van der Waals surface area (Å²) in [7, 11) is 0.